The maximum absolute atomic E-state index is 12.1. The van der Waals surface area contributed by atoms with E-state index in [2.05, 4.69) is 0 Å². The Morgan fingerprint density at radius 3 is 1.58 bits per heavy atom. The molecule has 0 radical (unpaired) electrons. The standard InChI is InChI=1S/C14H27N3O6Si/c1-6-21-24(22-7-2,23-8-3)11-9-10-17-13(19)15(4)12(18)16(5)14(17)20/h6-11H2,1-5H3. The van der Waals surface area contributed by atoms with Gasteiger partial charge < -0.3 is 13.3 Å². The second-order valence-electron chi connectivity index (χ2n) is 5.20. The highest BCUT2D eigenvalue weighted by molar-refractivity contribution is 6.60. The predicted octanol–water partition coefficient (Wildman–Crippen LogP) is -0.316. The van der Waals surface area contributed by atoms with Crippen molar-refractivity contribution in [2.45, 2.75) is 39.8 Å². The second-order valence-corrected chi connectivity index (χ2v) is 7.94. The van der Waals surface area contributed by atoms with Crippen molar-refractivity contribution in [3.8, 4) is 0 Å². The lowest BCUT2D eigenvalue weighted by atomic mass is 10.5. The fraction of sp³-hybridized carbons (Fsp3) is 0.786. The molecule has 0 aliphatic carbocycles. The molecule has 0 saturated carbocycles. The summed E-state index contributed by atoms with van der Waals surface area (Å²) in [6.07, 6.45) is 0.472. The Hall–Kier alpha value is -1.49. The van der Waals surface area contributed by atoms with Gasteiger partial charge in [0.25, 0.3) is 0 Å². The van der Waals surface area contributed by atoms with Crippen molar-refractivity contribution in [2.24, 2.45) is 14.1 Å². The lowest BCUT2D eigenvalue weighted by Gasteiger charge is -2.28. The van der Waals surface area contributed by atoms with Crippen LogP contribution >= 0.6 is 0 Å². The third-order valence-electron chi connectivity index (χ3n) is 3.57. The van der Waals surface area contributed by atoms with Gasteiger partial charge in [-0.2, -0.15) is 0 Å². The Labute approximate surface area is 141 Å². The van der Waals surface area contributed by atoms with Crippen LogP contribution in [0.3, 0.4) is 0 Å². The Kier molecular flexibility index (Phi) is 7.80. The fourth-order valence-corrected chi connectivity index (χ4v) is 5.07. The molecule has 138 valence electrons. The maximum Gasteiger partial charge on any atom is 0.500 e. The number of nitrogens with zero attached hydrogens (tertiary/aromatic N) is 3. The van der Waals surface area contributed by atoms with E-state index in [4.69, 9.17) is 13.3 Å². The number of aromatic nitrogens is 3. The number of hydrogen-bond donors (Lipinski definition) is 0. The smallest absolute Gasteiger partial charge is 0.374 e. The largest absolute Gasteiger partial charge is 0.500 e. The van der Waals surface area contributed by atoms with Crippen molar-refractivity contribution in [1.29, 1.82) is 0 Å². The highest BCUT2D eigenvalue weighted by Gasteiger charge is 2.39. The van der Waals surface area contributed by atoms with Crippen LogP contribution in [0, 0.1) is 0 Å². The van der Waals surface area contributed by atoms with Crippen LogP contribution < -0.4 is 17.1 Å². The average molecular weight is 361 g/mol. The first-order valence-electron chi connectivity index (χ1n) is 8.12. The summed E-state index contributed by atoms with van der Waals surface area (Å²) in [4.78, 5) is 36.0. The van der Waals surface area contributed by atoms with Crippen molar-refractivity contribution < 1.29 is 13.3 Å². The normalized spacial score (nSPS) is 11.9. The third-order valence-corrected chi connectivity index (χ3v) is 6.72. The molecule has 0 aromatic carbocycles. The van der Waals surface area contributed by atoms with E-state index in [-0.39, 0.29) is 6.54 Å². The molecule has 0 aliphatic rings. The molecule has 1 heterocycles. The summed E-state index contributed by atoms with van der Waals surface area (Å²) in [7, 11) is -0.120. The maximum atomic E-state index is 12.1. The molecular formula is C14H27N3O6Si. The Balaban J connectivity index is 2.98. The van der Waals surface area contributed by atoms with Crippen LogP contribution in [-0.4, -0.2) is 42.3 Å². The van der Waals surface area contributed by atoms with Crippen LogP contribution in [-0.2, 0) is 33.9 Å². The van der Waals surface area contributed by atoms with E-state index in [1.54, 1.807) is 0 Å². The van der Waals surface area contributed by atoms with Crippen LogP contribution in [0.4, 0.5) is 0 Å². The minimum absolute atomic E-state index is 0.168. The van der Waals surface area contributed by atoms with E-state index in [0.29, 0.717) is 32.3 Å². The first-order valence-corrected chi connectivity index (χ1v) is 10.0. The van der Waals surface area contributed by atoms with E-state index in [1.165, 1.54) is 14.1 Å². The molecule has 0 unspecified atom stereocenters. The van der Waals surface area contributed by atoms with E-state index >= 15 is 0 Å². The minimum Gasteiger partial charge on any atom is -0.374 e. The molecule has 1 aromatic heterocycles. The van der Waals surface area contributed by atoms with Gasteiger partial charge >= 0.3 is 25.9 Å². The van der Waals surface area contributed by atoms with Gasteiger partial charge in [-0.1, -0.05) is 0 Å². The third kappa shape index (κ3) is 4.53. The topological polar surface area (TPSA) is 93.7 Å². The predicted molar refractivity (Wildman–Crippen MR) is 91.2 cm³/mol. The summed E-state index contributed by atoms with van der Waals surface area (Å²) in [6, 6.07) is 0.487. The molecule has 9 nitrogen and oxygen atoms in total. The van der Waals surface area contributed by atoms with Crippen LogP contribution in [0.5, 0.6) is 0 Å². The Morgan fingerprint density at radius 2 is 1.21 bits per heavy atom. The first kappa shape index (κ1) is 20.6. The summed E-state index contributed by atoms with van der Waals surface area (Å²) in [5.41, 5.74) is -1.89. The summed E-state index contributed by atoms with van der Waals surface area (Å²) < 4.78 is 20.1. The summed E-state index contributed by atoms with van der Waals surface area (Å²) in [5.74, 6) is 0. The van der Waals surface area contributed by atoms with E-state index in [0.717, 1.165) is 13.7 Å². The molecule has 1 rings (SSSR count). The Morgan fingerprint density at radius 1 is 0.792 bits per heavy atom. The number of hydrogen-bond acceptors (Lipinski definition) is 6. The molecule has 24 heavy (non-hydrogen) atoms. The van der Waals surface area contributed by atoms with Gasteiger partial charge in [0.1, 0.15) is 0 Å². The lowest BCUT2D eigenvalue weighted by molar-refractivity contribution is 0.0704. The van der Waals surface area contributed by atoms with Crippen LogP contribution in [0.1, 0.15) is 27.2 Å². The molecule has 10 heteroatoms. The quantitative estimate of drug-likeness (QED) is 0.531. The molecule has 0 N–H and O–H groups in total. The highest BCUT2D eigenvalue weighted by atomic mass is 28.4. The molecular weight excluding hydrogens is 334 g/mol. The van der Waals surface area contributed by atoms with Crippen LogP contribution in [0.2, 0.25) is 6.04 Å². The van der Waals surface area contributed by atoms with E-state index in [1.807, 2.05) is 20.8 Å². The lowest BCUT2D eigenvalue weighted by Crippen LogP contribution is -2.53. The molecule has 0 amide bonds. The van der Waals surface area contributed by atoms with Gasteiger partial charge in [-0.05, 0) is 27.2 Å². The van der Waals surface area contributed by atoms with Crippen molar-refractivity contribution >= 4 is 8.80 Å². The van der Waals surface area contributed by atoms with Gasteiger partial charge in [-0.15, -0.1) is 0 Å². The second kappa shape index (κ2) is 9.11. The van der Waals surface area contributed by atoms with Gasteiger partial charge in [-0.3, -0.25) is 0 Å². The van der Waals surface area contributed by atoms with Gasteiger partial charge in [0.2, 0.25) is 0 Å². The zero-order chi connectivity index (χ0) is 18.3. The first-order chi connectivity index (χ1) is 11.3. The monoisotopic (exact) mass is 361 g/mol. The highest BCUT2D eigenvalue weighted by Crippen LogP contribution is 2.18. The summed E-state index contributed by atoms with van der Waals surface area (Å²) in [5, 5.41) is 0. The number of rotatable bonds is 10. The summed E-state index contributed by atoms with van der Waals surface area (Å²) >= 11 is 0. The van der Waals surface area contributed by atoms with Gasteiger partial charge in [0, 0.05) is 46.5 Å². The van der Waals surface area contributed by atoms with Crippen LogP contribution in [0.25, 0.3) is 0 Å². The molecule has 0 fully saturated rings. The molecule has 0 atom stereocenters. The molecule has 1 aromatic rings. The van der Waals surface area contributed by atoms with Crippen LogP contribution in [0.15, 0.2) is 14.4 Å². The molecule has 0 spiro atoms. The molecule has 0 aliphatic heterocycles. The van der Waals surface area contributed by atoms with Crippen molar-refractivity contribution in [1.82, 2.24) is 13.7 Å². The summed E-state index contributed by atoms with van der Waals surface area (Å²) in [6.45, 7) is 7.17. The van der Waals surface area contributed by atoms with Gasteiger partial charge in [0.05, 0.1) is 0 Å². The van der Waals surface area contributed by atoms with Crippen molar-refractivity contribution in [3.05, 3.63) is 31.5 Å². The van der Waals surface area contributed by atoms with Gasteiger partial charge in [0.15, 0.2) is 0 Å². The molecule has 0 saturated heterocycles. The van der Waals surface area contributed by atoms with Crippen molar-refractivity contribution in [3.63, 3.8) is 0 Å². The minimum atomic E-state index is -2.82. The Bertz CT molecular complexity index is 651. The fourth-order valence-electron chi connectivity index (χ4n) is 2.48. The van der Waals surface area contributed by atoms with Gasteiger partial charge in [-0.25, -0.2) is 28.1 Å². The SMILES string of the molecule is CCO[Si](CCCn1c(=O)n(C)c(=O)n(C)c1=O)(OCC)OCC. The molecule has 0 bridgehead atoms. The average Bonchev–Trinajstić information content (AvgIpc) is 2.55. The zero-order valence-corrected chi connectivity index (χ0v) is 16.0. The van der Waals surface area contributed by atoms with E-state index in [9.17, 15) is 14.4 Å². The zero-order valence-electron chi connectivity index (χ0n) is 15.0. The van der Waals surface area contributed by atoms with Crippen molar-refractivity contribution in [2.75, 3.05) is 19.8 Å². The van der Waals surface area contributed by atoms with E-state index < -0.39 is 25.9 Å².